The molecule has 5 nitrogen and oxygen atoms in total. The molecule has 1 amide bonds. The van der Waals surface area contributed by atoms with E-state index in [0.29, 0.717) is 11.6 Å². The molecule has 19 heavy (non-hydrogen) atoms. The summed E-state index contributed by atoms with van der Waals surface area (Å²) in [5.74, 6) is 0.132. The van der Waals surface area contributed by atoms with Crippen molar-refractivity contribution in [3.63, 3.8) is 0 Å². The van der Waals surface area contributed by atoms with Crippen molar-refractivity contribution in [2.24, 2.45) is 5.73 Å². The second-order valence-electron chi connectivity index (χ2n) is 5.59. The van der Waals surface area contributed by atoms with Crippen molar-refractivity contribution in [2.45, 2.75) is 38.3 Å². The molecule has 2 aliphatic rings. The van der Waals surface area contributed by atoms with Gasteiger partial charge < -0.3 is 15.4 Å². The monoisotopic (exact) mass is 285 g/mol. The summed E-state index contributed by atoms with van der Waals surface area (Å²) in [5.41, 5.74) is 5.07. The molecule has 0 aromatic heterocycles. The molecule has 2 aliphatic heterocycles. The van der Waals surface area contributed by atoms with Crippen molar-refractivity contribution in [2.75, 3.05) is 32.8 Å². The quantitative estimate of drug-likeness (QED) is 0.760. The van der Waals surface area contributed by atoms with Crippen LogP contribution >= 0.6 is 12.2 Å². The van der Waals surface area contributed by atoms with Crippen LogP contribution in [0.1, 0.15) is 26.7 Å². The van der Waals surface area contributed by atoms with Crippen LogP contribution in [0.15, 0.2) is 0 Å². The number of hydrogen-bond donors (Lipinski definition) is 1. The Morgan fingerprint density at radius 1 is 1.37 bits per heavy atom. The number of nitrogens with two attached hydrogens (primary N) is 1. The maximum atomic E-state index is 12.5. The van der Waals surface area contributed by atoms with Gasteiger partial charge in [-0.25, -0.2) is 0 Å². The average Bonchev–Trinajstić information content (AvgIpc) is 2.85. The molecule has 0 radical (unpaired) electrons. The topological polar surface area (TPSA) is 58.8 Å². The Kier molecular flexibility index (Phi) is 4.43. The lowest BCUT2D eigenvalue weighted by atomic mass is 10.0. The zero-order chi connectivity index (χ0) is 14.0. The van der Waals surface area contributed by atoms with Crippen molar-refractivity contribution in [1.29, 1.82) is 0 Å². The Balaban J connectivity index is 1.89. The number of nitrogens with zero attached hydrogens (tertiary/aromatic N) is 2. The molecule has 0 aromatic carbocycles. The summed E-state index contributed by atoms with van der Waals surface area (Å²) in [4.78, 5) is 17.1. The van der Waals surface area contributed by atoms with E-state index in [2.05, 4.69) is 4.90 Å². The third-order valence-electron chi connectivity index (χ3n) is 4.23. The summed E-state index contributed by atoms with van der Waals surface area (Å²) in [6.45, 7) is 7.71. The van der Waals surface area contributed by atoms with E-state index in [4.69, 9.17) is 22.7 Å². The molecule has 0 spiro atoms. The molecule has 2 saturated heterocycles. The number of amides is 1. The molecule has 0 saturated carbocycles. The summed E-state index contributed by atoms with van der Waals surface area (Å²) in [5, 5.41) is 0. The molecule has 2 N–H and O–H groups in total. The average molecular weight is 285 g/mol. The summed E-state index contributed by atoms with van der Waals surface area (Å²) in [6, 6.07) is 0.102. The standard InChI is InChI=1S/C13H23N3O2S/c1-10(11(14)19)15-5-7-16(8-6-15)12(17)13(2)4-3-9-18-13/h10H,3-9H2,1-2H3,(H2,14,19). The summed E-state index contributed by atoms with van der Waals surface area (Å²) in [6.07, 6.45) is 1.80. The van der Waals surface area contributed by atoms with Gasteiger partial charge in [-0.05, 0) is 26.7 Å². The summed E-state index contributed by atoms with van der Waals surface area (Å²) < 4.78 is 5.62. The maximum absolute atomic E-state index is 12.5. The van der Waals surface area contributed by atoms with E-state index in [1.807, 2.05) is 18.7 Å². The van der Waals surface area contributed by atoms with Gasteiger partial charge in [-0.2, -0.15) is 0 Å². The second kappa shape index (κ2) is 5.73. The first-order valence-electron chi connectivity index (χ1n) is 6.91. The van der Waals surface area contributed by atoms with Crippen LogP contribution in [0.2, 0.25) is 0 Å². The molecule has 0 aromatic rings. The van der Waals surface area contributed by atoms with Crippen molar-refractivity contribution >= 4 is 23.1 Å². The van der Waals surface area contributed by atoms with Gasteiger partial charge in [-0.3, -0.25) is 9.69 Å². The molecule has 2 fully saturated rings. The molecule has 0 bridgehead atoms. The molecule has 2 atom stereocenters. The summed E-state index contributed by atoms with van der Waals surface area (Å²) in [7, 11) is 0. The Morgan fingerprint density at radius 3 is 2.47 bits per heavy atom. The lowest BCUT2D eigenvalue weighted by Crippen LogP contribution is -2.57. The van der Waals surface area contributed by atoms with Crippen LogP contribution in [0.4, 0.5) is 0 Å². The van der Waals surface area contributed by atoms with Gasteiger partial charge in [-0.1, -0.05) is 12.2 Å². The number of rotatable bonds is 3. The largest absolute Gasteiger partial charge is 0.392 e. The molecule has 2 unspecified atom stereocenters. The minimum atomic E-state index is -0.600. The highest BCUT2D eigenvalue weighted by Gasteiger charge is 2.41. The van der Waals surface area contributed by atoms with E-state index >= 15 is 0 Å². The van der Waals surface area contributed by atoms with Crippen molar-refractivity contribution in [1.82, 2.24) is 9.80 Å². The van der Waals surface area contributed by atoms with Crippen LogP contribution in [-0.2, 0) is 9.53 Å². The predicted molar refractivity (Wildman–Crippen MR) is 78.0 cm³/mol. The Hall–Kier alpha value is -0.720. The first-order valence-corrected chi connectivity index (χ1v) is 7.31. The second-order valence-corrected chi connectivity index (χ2v) is 6.06. The fraction of sp³-hybridized carbons (Fsp3) is 0.846. The van der Waals surface area contributed by atoms with Gasteiger partial charge in [-0.15, -0.1) is 0 Å². The maximum Gasteiger partial charge on any atom is 0.254 e. The van der Waals surface area contributed by atoms with Gasteiger partial charge in [0.05, 0.1) is 11.0 Å². The van der Waals surface area contributed by atoms with Crippen molar-refractivity contribution in [3.8, 4) is 0 Å². The van der Waals surface area contributed by atoms with Crippen LogP contribution in [0.25, 0.3) is 0 Å². The van der Waals surface area contributed by atoms with Crippen LogP contribution < -0.4 is 5.73 Å². The normalized spacial score (nSPS) is 30.3. The van der Waals surface area contributed by atoms with Crippen LogP contribution in [0, 0.1) is 0 Å². The molecule has 2 rings (SSSR count). The fourth-order valence-electron chi connectivity index (χ4n) is 2.77. The van der Waals surface area contributed by atoms with Gasteiger partial charge in [0.2, 0.25) is 0 Å². The third-order valence-corrected chi connectivity index (χ3v) is 4.57. The number of carbonyl (C=O) groups is 1. The SMILES string of the molecule is CC(C(N)=S)N1CCN(C(=O)C2(C)CCCO2)CC1. The zero-order valence-electron chi connectivity index (χ0n) is 11.7. The predicted octanol–water partition coefficient (Wildman–Crippen LogP) is 0.374. The smallest absolute Gasteiger partial charge is 0.254 e. The van der Waals surface area contributed by atoms with E-state index in [1.54, 1.807) is 0 Å². The van der Waals surface area contributed by atoms with Crippen molar-refractivity contribution < 1.29 is 9.53 Å². The van der Waals surface area contributed by atoms with Gasteiger partial charge in [0.1, 0.15) is 5.60 Å². The van der Waals surface area contributed by atoms with E-state index in [-0.39, 0.29) is 11.9 Å². The highest BCUT2D eigenvalue weighted by atomic mass is 32.1. The number of hydrogen-bond acceptors (Lipinski definition) is 4. The molecular weight excluding hydrogens is 262 g/mol. The number of ether oxygens (including phenoxy) is 1. The first-order chi connectivity index (χ1) is 8.94. The van der Waals surface area contributed by atoms with Crippen LogP contribution in [-0.4, -0.2) is 65.1 Å². The fourth-order valence-corrected chi connectivity index (χ4v) is 2.92. The Morgan fingerprint density at radius 2 is 2.00 bits per heavy atom. The Labute approximate surface area is 120 Å². The van der Waals surface area contributed by atoms with Gasteiger partial charge in [0, 0.05) is 32.8 Å². The number of thiocarbonyl (C=S) groups is 1. The first kappa shape index (κ1) is 14.7. The zero-order valence-corrected chi connectivity index (χ0v) is 12.5. The van der Waals surface area contributed by atoms with E-state index in [0.717, 1.165) is 39.0 Å². The molecule has 108 valence electrons. The lowest BCUT2D eigenvalue weighted by Gasteiger charge is -2.40. The Bertz CT molecular complexity index is 361. The minimum absolute atomic E-state index is 0.102. The van der Waals surface area contributed by atoms with Gasteiger partial charge >= 0.3 is 0 Å². The number of piperazine rings is 1. The highest BCUT2D eigenvalue weighted by Crippen LogP contribution is 2.27. The summed E-state index contributed by atoms with van der Waals surface area (Å²) >= 11 is 5.02. The van der Waals surface area contributed by atoms with E-state index in [9.17, 15) is 4.79 Å². The van der Waals surface area contributed by atoms with E-state index in [1.165, 1.54) is 0 Å². The minimum Gasteiger partial charge on any atom is -0.392 e. The van der Waals surface area contributed by atoms with Crippen LogP contribution in [0.5, 0.6) is 0 Å². The molecular formula is C13H23N3O2S. The molecule has 6 heteroatoms. The van der Waals surface area contributed by atoms with Crippen LogP contribution in [0.3, 0.4) is 0 Å². The number of carbonyl (C=O) groups excluding carboxylic acids is 1. The highest BCUT2D eigenvalue weighted by molar-refractivity contribution is 7.80. The van der Waals surface area contributed by atoms with Crippen molar-refractivity contribution in [3.05, 3.63) is 0 Å². The third kappa shape index (κ3) is 3.07. The van der Waals surface area contributed by atoms with Gasteiger partial charge in [0.15, 0.2) is 0 Å². The van der Waals surface area contributed by atoms with Gasteiger partial charge in [0.25, 0.3) is 5.91 Å². The lowest BCUT2D eigenvalue weighted by molar-refractivity contribution is -0.152. The van der Waals surface area contributed by atoms with E-state index < -0.39 is 5.60 Å². The molecule has 0 aliphatic carbocycles. The molecule has 2 heterocycles.